The van der Waals surface area contributed by atoms with E-state index >= 15 is 0 Å². The number of phosphoric acid groups is 3. The molecule has 0 saturated carbocycles. The molecule has 0 aliphatic carbocycles. The first-order valence-electron chi connectivity index (χ1n) is 11.1. The van der Waals surface area contributed by atoms with Crippen molar-refractivity contribution in [2.75, 3.05) is 19.6 Å². The number of phosphoric ester groups is 3. The molecule has 1 heterocycles. The maximum Gasteiger partial charge on any atom is 0.470 e. The largest absolute Gasteiger partial charge is 0.470 e. The van der Waals surface area contributed by atoms with Gasteiger partial charge < -0.3 is 29.4 Å². The van der Waals surface area contributed by atoms with E-state index < -0.39 is 41.8 Å². The van der Waals surface area contributed by atoms with E-state index in [9.17, 15) is 33.3 Å². The minimum absolute atomic E-state index is 0.172. The zero-order valence-electron chi connectivity index (χ0n) is 18.8. The lowest BCUT2D eigenvalue weighted by atomic mass is 10.0. The van der Waals surface area contributed by atoms with Crippen molar-refractivity contribution in [2.45, 2.75) is 89.4 Å². The number of piperidine rings is 1. The molecule has 0 amide bonds. The molecular weight excluding hydrogens is 503 g/mol. The minimum Gasteiger partial charge on any atom is -0.303 e. The lowest BCUT2D eigenvalue weighted by Gasteiger charge is -2.42. The molecule has 0 aromatic rings. The molecule has 0 aromatic carbocycles. The molecule has 1 aliphatic heterocycles. The summed E-state index contributed by atoms with van der Waals surface area (Å²) in [7, 11) is -15.4. The van der Waals surface area contributed by atoms with Crippen molar-refractivity contribution in [1.82, 2.24) is 4.90 Å². The normalized spacial score (nSPS) is 21.5. The van der Waals surface area contributed by atoms with E-state index in [-0.39, 0.29) is 13.1 Å². The Hall–Kier alpha value is 0.290. The summed E-state index contributed by atoms with van der Waals surface area (Å²) in [5.41, 5.74) is 0. The van der Waals surface area contributed by atoms with Crippen LogP contribution in [0.2, 0.25) is 0 Å². The third-order valence-corrected chi connectivity index (χ3v) is 6.85. The Balaban J connectivity index is 2.66. The number of hydrogen-bond donors (Lipinski definition) is 6. The van der Waals surface area contributed by atoms with Crippen LogP contribution >= 0.6 is 23.5 Å². The van der Waals surface area contributed by atoms with Gasteiger partial charge in [0, 0.05) is 13.1 Å². The van der Waals surface area contributed by atoms with Crippen LogP contribution < -0.4 is 0 Å². The molecule has 33 heavy (non-hydrogen) atoms. The smallest absolute Gasteiger partial charge is 0.303 e. The molecule has 0 bridgehead atoms. The molecule has 2 atom stereocenters. The predicted octanol–water partition coefficient (Wildman–Crippen LogP) is 2.66. The van der Waals surface area contributed by atoms with Gasteiger partial charge in [-0.25, -0.2) is 13.7 Å². The average molecular weight is 541 g/mol. The zero-order chi connectivity index (χ0) is 25.1. The maximum absolute atomic E-state index is 11.4. The zero-order valence-corrected chi connectivity index (χ0v) is 21.5. The molecule has 0 unspecified atom stereocenters. The highest BCUT2D eigenvalue weighted by atomic mass is 31.2. The molecular formula is C17H38NO12P3. The van der Waals surface area contributed by atoms with Gasteiger partial charge in [-0.1, -0.05) is 64.7 Å². The van der Waals surface area contributed by atoms with Crippen molar-refractivity contribution >= 4 is 23.5 Å². The Morgan fingerprint density at radius 3 is 1.36 bits per heavy atom. The Morgan fingerprint density at radius 2 is 1.00 bits per heavy atom. The van der Waals surface area contributed by atoms with Crippen LogP contribution in [-0.2, 0) is 27.3 Å². The molecule has 1 rings (SSSR count). The number of nitrogens with zero attached hydrogens (tertiary/aromatic N) is 1. The highest BCUT2D eigenvalue weighted by Gasteiger charge is 2.47. The van der Waals surface area contributed by atoms with Gasteiger partial charge >= 0.3 is 23.5 Å². The van der Waals surface area contributed by atoms with Crippen LogP contribution in [0.4, 0.5) is 0 Å². The van der Waals surface area contributed by atoms with E-state index in [0.29, 0.717) is 13.0 Å². The molecule has 1 aliphatic rings. The van der Waals surface area contributed by atoms with Gasteiger partial charge in [-0.15, -0.1) is 0 Å². The molecule has 198 valence electrons. The topological polar surface area (TPSA) is 204 Å². The second-order valence-corrected chi connectivity index (χ2v) is 11.8. The van der Waals surface area contributed by atoms with Crippen molar-refractivity contribution in [3.63, 3.8) is 0 Å². The van der Waals surface area contributed by atoms with E-state index in [2.05, 4.69) is 20.5 Å². The first-order chi connectivity index (χ1) is 15.2. The van der Waals surface area contributed by atoms with Crippen molar-refractivity contribution < 1.29 is 56.6 Å². The molecule has 1 fully saturated rings. The van der Waals surface area contributed by atoms with Crippen LogP contribution in [0.1, 0.15) is 71.1 Å². The Morgan fingerprint density at radius 1 is 0.636 bits per heavy atom. The second kappa shape index (κ2) is 14.8. The molecule has 6 N–H and O–H groups in total. The Kier molecular flexibility index (Phi) is 14.0. The molecule has 0 aromatic heterocycles. The van der Waals surface area contributed by atoms with Gasteiger partial charge in [0.15, 0.2) is 0 Å². The molecule has 16 heteroatoms. The summed E-state index contributed by atoms with van der Waals surface area (Å²) in [5, 5.41) is 0. The van der Waals surface area contributed by atoms with Crippen LogP contribution in [0.25, 0.3) is 0 Å². The highest BCUT2D eigenvalue weighted by molar-refractivity contribution is 7.47. The summed E-state index contributed by atoms with van der Waals surface area (Å²) in [6, 6.07) is 0. The monoisotopic (exact) mass is 541 g/mol. The molecule has 0 radical (unpaired) electrons. The van der Waals surface area contributed by atoms with Crippen LogP contribution in [0, 0.1) is 0 Å². The van der Waals surface area contributed by atoms with Crippen LogP contribution in [0.15, 0.2) is 0 Å². The van der Waals surface area contributed by atoms with Crippen molar-refractivity contribution in [2.24, 2.45) is 0 Å². The first kappa shape index (κ1) is 31.3. The fourth-order valence-corrected chi connectivity index (χ4v) is 5.54. The third-order valence-electron chi connectivity index (χ3n) is 5.24. The van der Waals surface area contributed by atoms with E-state index in [1.54, 1.807) is 4.90 Å². The van der Waals surface area contributed by atoms with Gasteiger partial charge in [0.25, 0.3) is 0 Å². The van der Waals surface area contributed by atoms with Gasteiger partial charge in [-0.3, -0.25) is 18.5 Å². The van der Waals surface area contributed by atoms with Crippen molar-refractivity contribution in [1.29, 1.82) is 0 Å². The summed E-state index contributed by atoms with van der Waals surface area (Å²) in [4.78, 5) is 56.6. The number of rotatable bonds is 17. The standard InChI is InChI=1S/C17H38NO12P3/c1-2-3-4-5-6-7-8-9-10-11-12-18-13-15(28-31(19,20)21)17(30-33(25,26)27)16(14-18)29-32(22,23)24/h15-17H,2-14H2,1H3,(H2,19,20,21)(H2,22,23,24)(H2,25,26,27)/t15-,16-/m1/s1. The van der Waals surface area contributed by atoms with Gasteiger partial charge in [0.2, 0.25) is 0 Å². The van der Waals surface area contributed by atoms with Crippen molar-refractivity contribution in [3.05, 3.63) is 0 Å². The van der Waals surface area contributed by atoms with Crippen LogP contribution in [0.3, 0.4) is 0 Å². The fraction of sp³-hybridized carbons (Fsp3) is 1.00. The second-order valence-electron chi connectivity index (χ2n) is 8.27. The molecule has 13 nitrogen and oxygen atoms in total. The number of unbranched alkanes of at least 4 members (excludes halogenated alkanes) is 9. The van der Waals surface area contributed by atoms with Gasteiger partial charge in [-0.2, -0.15) is 0 Å². The third kappa shape index (κ3) is 15.8. The maximum atomic E-state index is 11.4. The number of likely N-dealkylation sites (tertiary alicyclic amines) is 1. The predicted molar refractivity (Wildman–Crippen MR) is 119 cm³/mol. The Labute approximate surface area is 194 Å². The summed E-state index contributed by atoms with van der Waals surface area (Å²) in [6.45, 7) is 2.25. The van der Waals surface area contributed by atoms with E-state index in [1.165, 1.54) is 32.1 Å². The summed E-state index contributed by atoms with van der Waals surface area (Å²) in [6.07, 6.45) is 6.05. The SMILES string of the molecule is CCCCCCCCCCCCN1C[C@@H](OP(=O)(O)O)C(OP(=O)(O)O)[C@H](OP(=O)(O)O)C1. The fourth-order valence-electron chi connectivity index (χ4n) is 3.87. The summed E-state index contributed by atoms with van der Waals surface area (Å²) < 4.78 is 47.9. The van der Waals surface area contributed by atoms with Crippen LogP contribution in [0.5, 0.6) is 0 Å². The van der Waals surface area contributed by atoms with Gasteiger partial charge in [0.1, 0.15) is 18.3 Å². The average Bonchev–Trinajstić information content (AvgIpc) is 2.62. The summed E-state index contributed by atoms with van der Waals surface area (Å²) >= 11 is 0. The number of hydrogen-bond acceptors (Lipinski definition) is 7. The lowest BCUT2D eigenvalue weighted by molar-refractivity contribution is -0.0989. The van der Waals surface area contributed by atoms with Gasteiger partial charge in [-0.05, 0) is 13.0 Å². The van der Waals surface area contributed by atoms with E-state index in [1.807, 2.05) is 0 Å². The molecule has 0 spiro atoms. The lowest BCUT2D eigenvalue weighted by Crippen LogP contribution is -2.57. The molecule has 1 saturated heterocycles. The Bertz CT molecular complexity index is 659. The van der Waals surface area contributed by atoms with Crippen LogP contribution in [-0.4, -0.2) is 72.2 Å². The van der Waals surface area contributed by atoms with E-state index in [4.69, 9.17) is 9.79 Å². The first-order valence-corrected chi connectivity index (χ1v) is 15.7. The highest BCUT2D eigenvalue weighted by Crippen LogP contribution is 2.48. The quantitative estimate of drug-likeness (QED) is 0.116. The minimum atomic E-state index is -5.19. The van der Waals surface area contributed by atoms with E-state index in [0.717, 1.165) is 25.7 Å². The summed E-state index contributed by atoms with van der Waals surface area (Å²) in [5.74, 6) is 0. The van der Waals surface area contributed by atoms with Gasteiger partial charge in [0.05, 0.1) is 0 Å². The van der Waals surface area contributed by atoms with Crippen molar-refractivity contribution in [3.8, 4) is 0 Å².